The zero-order valence-corrected chi connectivity index (χ0v) is 8.54. The average Bonchev–Trinajstić information content (AvgIpc) is 2.10. The van der Waals surface area contributed by atoms with E-state index in [1.807, 2.05) is 0 Å². The van der Waals surface area contributed by atoms with Crippen LogP contribution in [-0.4, -0.2) is 22.5 Å². The highest BCUT2D eigenvalue weighted by molar-refractivity contribution is 9.10. The lowest BCUT2D eigenvalue weighted by atomic mass is 10.4. The zero-order valence-electron chi connectivity index (χ0n) is 6.95. The van der Waals surface area contributed by atoms with Gasteiger partial charge >= 0.3 is 5.97 Å². The van der Waals surface area contributed by atoms with Gasteiger partial charge in [0.05, 0.1) is 12.8 Å². The van der Waals surface area contributed by atoms with Crippen molar-refractivity contribution < 1.29 is 9.53 Å². The van der Waals surface area contributed by atoms with Crippen molar-refractivity contribution in [3.8, 4) is 0 Å². The molecule has 0 amide bonds. The number of nitrogens with zero attached hydrogens (tertiary/aromatic N) is 2. The van der Waals surface area contributed by atoms with Gasteiger partial charge in [-0.15, -0.1) is 0 Å². The molecule has 0 aliphatic carbocycles. The summed E-state index contributed by atoms with van der Waals surface area (Å²) in [5.41, 5.74) is 5.53. The summed E-state index contributed by atoms with van der Waals surface area (Å²) in [6.07, 6.45) is 1.28. The van der Waals surface area contributed by atoms with Crippen LogP contribution in [0.5, 0.6) is 0 Å². The summed E-state index contributed by atoms with van der Waals surface area (Å²) < 4.78 is 5.07. The van der Waals surface area contributed by atoms with E-state index in [0.29, 0.717) is 11.2 Å². The Hall–Kier alpha value is -1.17. The van der Waals surface area contributed by atoms with Gasteiger partial charge in [0.2, 0.25) is 0 Å². The first-order chi connectivity index (χ1) is 6.15. The molecule has 0 radical (unpaired) electrons. The third-order valence-corrected chi connectivity index (χ3v) is 1.82. The minimum Gasteiger partial charge on any atom is -0.461 e. The second-order valence-corrected chi connectivity index (χ2v) is 2.90. The van der Waals surface area contributed by atoms with Gasteiger partial charge in [0.25, 0.3) is 0 Å². The molecule has 0 saturated heterocycles. The van der Waals surface area contributed by atoms with Crippen LogP contribution in [0.4, 0.5) is 5.82 Å². The monoisotopic (exact) mass is 245 g/mol. The maximum Gasteiger partial charge on any atom is 0.358 e. The highest BCUT2D eigenvalue weighted by atomic mass is 79.9. The molecule has 0 fully saturated rings. The Bertz CT molecular complexity index is 330. The maximum absolute atomic E-state index is 11.1. The minimum atomic E-state index is -0.504. The van der Waals surface area contributed by atoms with E-state index >= 15 is 0 Å². The van der Waals surface area contributed by atoms with Gasteiger partial charge in [0.1, 0.15) is 4.60 Å². The summed E-state index contributed by atoms with van der Waals surface area (Å²) in [5, 5.41) is 0. The van der Waals surface area contributed by atoms with E-state index in [4.69, 9.17) is 10.5 Å². The van der Waals surface area contributed by atoms with Gasteiger partial charge < -0.3 is 10.5 Å². The van der Waals surface area contributed by atoms with Crippen molar-refractivity contribution in [2.75, 3.05) is 12.3 Å². The molecule has 1 rings (SSSR count). The Morgan fingerprint density at radius 1 is 1.77 bits per heavy atom. The van der Waals surface area contributed by atoms with Crippen LogP contribution < -0.4 is 5.73 Å². The molecule has 5 nitrogen and oxygen atoms in total. The number of aromatic nitrogens is 2. The van der Waals surface area contributed by atoms with Gasteiger partial charge in [0.15, 0.2) is 11.5 Å². The van der Waals surface area contributed by atoms with Crippen LogP contribution in [0, 0.1) is 0 Å². The molecule has 6 heteroatoms. The third kappa shape index (κ3) is 2.38. The van der Waals surface area contributed by atoms with Crippen LogP contribution in [0.25, 0.3) is 0 Å². The van der Waals surface area contributed by atoms with Crippen molar-refractivity contribution in [2.45, 2.75) is 6.92 Å². The number of rotatable bonds is 2. The molecule has 0 aromatic carbocycles. The molecule has 1 aromatic heterocycles. The second-order valence-electron chi connectivity index (χ2n) is 2.15. The summed E-state index contributed by atoms with van der Waals surface area (Å²) in [4.78, 5) is 18.7. The van der Waals surface area contributed by atoms with Gasteiger partial charge in [-0.1, -0.05) is 0 Å². The minimum absolute atomic E-state index is 0.142. The quantitative estimate of drug-likeness (QED) is 0.787. The molecule has 70 valence electrons. The lowest BCUT2D eigenvalue weighted by molar-refractivity contribution is 0.0519. The standard InChI is InChI=1S/C7H8BrN3O2/c1-2-13-7(12)4-3-10-6(9)5(8)11-4/h3H,2H2,1H3,(H2,9,10). The van der Waals surface area contributed by atoms with E-state index < -0.39 is 5.97 Å². The maximum atomic E-state index is 11.1. The summed E-state index contributed by atoms with van der Waals surface area (Å²) in [5.74, 6) is -0.260. The van der Waals surface area contributed by atoms with Crippen LogP contribution in [-0.2, 0) is 4.74 Å². The zero-order chi connectivity index (χ0) is 9.84. The number of anilines is 1. The number of nitrogen functional groups attached to an aromatic ring is 1. The molecule has 1 aromatic rings. The van der Waals surface area contributed by atoms with Crippen molar-refractivity contribution >= 4 is 27.7 Å². The van der Waals surface area contributed by atoms with Crippen LogP contribution in [0.3, 0.4) is 0 Å². The van der Waals surface area contributed by atoms with Gasteiger partial charge in [0, 0.05) is 0 Å². The summed E-state index contributed by atoms with van der Waals surface area (Å²) >= 11 is 3.06. The van der Waals surface area contributed by atoms with Gasteiger partial charge in [-0.2, -0.15) is 0 Å². The number of ether oxygens (including phenoxy) is 1. The van der Waals surface area contributed by atoms with E-state index in [-0.39, 0.29) is 11.5 Å². The van der Waals surface area contributed by atoms with Crippen LogP contribution >= 0.6 is 15.9 Å². The summed E-state index contributed by atoms with van der Waals surface area (Å²) in [6.45, 7) is 2.03. The van der Waals surface area contributed by atoms with E-state index in [1.54, 1.807) is 6.92 Å². The molecular formula is C7H8BrN3O2. The molecule has 0 atom stereocenters. The third-order valence-electron chi connectivity index (χ3n) is 1.24. The van der Waals surface area contributed by atoms with Crippen molar-refractivity contribution in [2.24, 2.45) is 0 Å². The van der Waals surface area contributed by atoms with Gasteiger partial charge in [-0.25, -0.2) is 14.8 Å². The summed E-state index contributed by atoms with van der Waals surface area (Å²) in [6, 6.07) is 0. The Morgan fingerprint density at radius 3 is 3.00 bits per heavy atom. The van der Waals surface area contributed by atoms with Crippen molar-refractivity contribution in [3.63, 3.8) is 0 Å². The SMILES string of the molecule is CCOC(=O)c1cnc(N)c(Br)n1. The highest BCUT2D eigenvalue weighted by Gasteiger charge is 2.10. The fraction of sp³-hybridized carbons (Fsp3) is 0.286. The van der Waals surface area contributed by atoms with Gasteiger partial charge in [-0.05, 0) is 22.9 Å². The van der Waals surface area contributed by atoms with Crippen LogP contribution in [0.1, 0.15) is 17.4 Å². The molecule has 0 bridgehead atoms. The number of esters is 1. The van der Waals surface area contributed by atoms with Gasteiger partial charge in [-0.3, -0.25) is 0 Å². The first-order valence-corrected chi connectivity index (χ1v) is 4.39. The second kappa shape index (κ2) is 4.18. The van der Waals surface area contributed by atoms with Crippen LogP contribution in [0.15, 0.2) is 10.8 Å². The Morgan fingerprint density at radius 2 is 2.46 bits per heavy atom. The molecule has 2 N–H and O–H groups in total. The molecule has 1 heterocycles. The van der Waals surface area contributed by atoms with Crippen LogP contribution in [0.2, 0.25) is 0 Å². The smallest absolute Gasteiger partial charge is 0.358 e. The molecule has 13 heavy (non-hydrogen) atoms. The normalized spacial score (nSPS) is 9.69. The number of nitrogens with two attached hydrogens (primary N) is 1. The molecule has 0 spiro atoms. The van der Waals surface area contributed by atoms with E-state index in [0.717, 1.165) is 0 Å². The fourth-order valence-electron chi connectivity index (χ4n) is 0.679. The topological polar surface area (TPSA) is 78.1 Å². The molecule has 0 aliphatic heterocycles. The Balaban J connectivity index is 2.90. The first kappa shape index (κ1) is 9.91. The molecule has 0 aliphatic rings. The largest absolute Gasteiger partial charge is 0.461 e. The number of halogens is 1. The fourth-order valence-corrected chi connectivity index (χ4v) is 0.973. The predicted molar refractivity (Wildman–Crippen MR) is 50.1 cm³/mol. The Kier molecular flexibility index (Phi) is 3.18. The number of carbonyl (C=O) groups is 1. The average molecular weight is 246 g/mol. The lowest BCUT2D eigenvalue weighted by Crippen LogP contribution is -2.09. The van der Waals surface area contributed by atoms with Crippen molar-refractivity contribution in [1.82, 2.24) is 9.97 Å². The first-order valence-electron chi connectivity index (χ1n) is 3.60. The van der Waals surface area contributed by atoms with E-state index in [1.165, 1.54) is 6.20 Å². The lowest BCUT2D eigenvalue weighted by Gasteiger charge is -2.01. The highest BCUT2D eigenvalue weighted by Crippen LogP contribution is 2.13. The summed E-state index contributed by atoms with van der Waals surface area (Å²) in [7, 11) is 0. The molecule has 0 unspecified atom stereocenters. The Labute approximate surface area is 83.4 Å². The van der Waals surface area contributed by atoms with Crippen molar-refractivity contribution in [3.05, 3.63) is 16.5 Å². The molecule has 0 saturated carbocycles. The predicted octanol–water partition coefficient (Wildman–Crippen LogP) is 0.998. The van der Waals surface area contributed by atoms with Crippen molar-refractivity contribution in [1.29, 1.82) is 0 Å². The van der Waals surface area contributed by atoms with E-state index in [2.05, 4.69) is 25.9 Å². The molecular weight excluding hydrogens is 238 g/mol. The number of hydrogen-bond donors (Lipinski definition) is 1. The number of carbonyl (C=O) groups excluding carboxylic acids is 1. The number of hydrogen-bond acceptors (Lipinski definition) is 5. The van der Waals surface area contributed by atoms with E-state index in [9.17, 15) is 4.79 Å².